The number of aromatic amines is 1. The van der Waals surface area contributed by atoms with E-state index in [1.807, 2.05) is 30.6 Å². The average molecular weight is 677 g/mol. The highest BCUT2D eigenvalue weighted by Gasteiger charge is 2.38. The molecule has 2 aliphatic carbocycles. The summed E-state index contributed by atoms with van der Waals surface area (Å²) in [5.74, 6) is -3.10. The zero-order valence-corrected chi connectivity index (χ0v) is 28.8. The minimum absolute atomic E-state index is 0.0962. The Kier molecular flexibility index (Phi) is 12.4. The number of imidazole rings is 1. The molecule has 266 valence electrons. The number of benzene rings is 1. The average Bonchev–Trinajstić information content (AvgIpc) is 3.64. The van der Waals surface area contributed by atoms with Crippen molar-refractivity contribution in [3.05, 3.63) is 83.7 Å². The number of pyridine rings is 1. The Morgan fingerprint density at radius 3 is 2.71 bits per heavy atom. The molecule has 2 fully saturated rings. The van der Waals surface area contributed by atoms with Crippen molar-refractivity contribution in [2.45, 2.75) is 94.8 Å². The molecule has 3 heterocycles. The van der Waals surface area contributed by atoms with Gasteiger partial charge in [0.05, 0.1) is 24.1 Å². The molecule has 2 aromatic heterocycles. The molecule has 0 spiro atoms. The van der Waals surface area contributed by atoms with Crippen molar-refractivity contribution in [1.82, 2.24) is 35.0 Å². The molecule has 0 unspecified atom stereocenters. The molecule has 1 aromatic carbocycles. The molecule has 1 amide bonds. The number of aryl methyl sites for hydroxylation is 1. The second-order valence-corrected chi connectivity index (χ2v) is 14.3. The van der Waals surface area contributed by atoms with E-state index >= 15 is 0 Å². The van der Waals surface area contributed by atoms with E-state index in [1.165, 1.54) is 17.7 Å². The molecular weight excluding hydrogens is 622 g/mol. The normalized spacial score (nSPS) is 22.5. The highest BCUT2D eigenvalue weighted by molar-refractivity contribution is 5.79. The quantitative estimate of drug-likeness (QED) is 0.183. The van der Waals surface area contributed by atoms with Crippen LogP contribution in [0.1, 0.15) is 92.4 Å². The number of H-pyrrole nitrogens is 1. The molecule has 1 aliphatic heterocycles. The van der Waals surface area contributed by atoms with Gasteiger partial charge in [0.2, 0.25) is 11.8 Å². The molecule has 11 heteroatoms. The van der Waals surface area contributed by atoms with E-state index in [2.05, 4.69) is 54.2 Å². The van der Waals surface area contributed by atoms with Crippen LogP contribution in [0, 0.1) is 5.92 Å². The molecule has 49 heavy (non-hydrogen) atoms. The Morgan fingerprint density at radius 2 is 1.94 bits per heavy atom. The van der Waals surface area contributed by atoms with Crippen molar-refractivity contribution in [1.29, 1.82) is 0 Å². The number of hydrogen-bond donors (Lipinski definition) is 3. The van der Waals surface area contributed by atoms with Gasteiger partial charge in [0, 0.05) is 82.2 Å². The third kappa shape index (κ3) is 9.72. The number of carbonyl (C=O) groups excluding carboxylic acids is 1. The highest BCUT2D eigenvalue weighted by atomic mass is 19.3. The number of aromatic nitrogens is 3. The van der Waals surface area contributed by atoms with Crippen LogP contribution in [0.2, 0.25) is 0 Å². The number of fused-ring (bicyclic) bond motifs is 1. The maximum absolute atomic E-state index is 13.8. The number of rotatable bonds is 15. The summed E-state index contributed by atoms with van der Waals surface area (Å²) < 4.78 is 27.7. The van der Waals surface area contributed by atoms with Crippen LogP contribution in [0.15, 0.2) is 61.2 Å². The van der Waals surface area contributed by atoms with E-state index in [-0.39, 0.29) is 49.6 Å². The molecular formula is C38H54F2N8O. The van der Waals surface area contributed by atoms with Gasteiger partial charge in [0.25, 0.3) is 0 Å². The molecule has 3 atom stereocenters. The number of alkyl halides is 2. The predicted molar refractivity (Wildman–Crippen MR) is 188 cm³/mol. The summed E-state index contributed by atoms with van der Waals surface area (Å²) in [6, 6.07) is 14.8. The van der Waals surface area contributed by atoms with Crippen molar-refractivity contribution < 1.29 is 13.6 Å². The standard InChI is InChI=1S/C38H54F2N8O/c39-38(40)16-13-31(14-17-38)37(49)45-34(29-8-2-1-3-9-29)15-21-46-22-23-47(25-32-24-42-28-44-32)33(26-46)27-48(20-5-4-18-41)35-12-6-10-30-11-7-19-43-36(30)35/h1-3,7-9,11,19,24,28,31,33-35H,4-6,10,12-18,20-23,25-27,41H2,(H,42,44)(H,45,49)/t33-,34+,35+/m1/s1. The molecule has 3 aromatic rings. The summed E-state index contributed by atoms with van der Waals surface area (Å²) in [4.78, 5) is 33.7. The first kappa shape index (κ1) is 35.6. The van der Waals surface area contributed by atoms with Gasteiger partial charge in [-0.25, -0.2) is 13.8 Å². The third-order valence-corrected chi connectivity index (χ3v) is 10.9. The SMILES string of the molecule is NCCCCN(C[C@H]1CN(CC[C@H](NC(=O)C2CCC(F)(F)CC2)c2ccccc2)CCN1Cc1cnc[nH]1)[C@H]1CCCc2cccnc21. The van der Waals surface area contributed by atoms with Gasteiger partial charge in [-0.15, -0.1) is 0 Å². The van der Waals surface area contributed by atoms with Gasteiger partial charge in [-0.3, -0.25) is 19.6 Å². The van der Waals surface area contributed by atoms with E-state index in [1.54, 1.807) is 6.33 Å². The minimum atomic E-state index is -2.65. The molecule has 0 bridgehead atoms. The van der Waals surface area contributed by atoms with Crippen molar-refractivity contribution in [3.8, 4) is 0 Å². The summed E-state index contributed by atoms with van der Waals surface area (Å²) in [6.45, 7) is 7.04. The highest BCUT2D eigenvalue weighted by Crippen LogP contribution is 2.37. The molecule has 3 aliphatic rings. The van der Waals surface area contributed by atoms with E-state index in [9.17, 15) is 13.6 Å². The first-order valence-corrected chi connectivity index (χ1v) is 18.4. The molecule has 1 saturated carbocycles. The van der Waals surface area contributed by atoms with E-state index in [4.69, 9.17) is 10.7 Å². The number of nitrogens with two attached hydrogens (primary N) is 1. The first-order valence-electron chi connectivity index (χ1n) is 18.4. The van der Waals surface area contributed by atoms with Crippen molar-refractivity contribution in [3.63, 3.8) is 0 Å². The fourth-order valence-electron chi connectivity index (χ4n) is 8.09. The van der Waals surface area contributed by atoms with Gasteiger partial charge >= 0.3 is 0 Å². The number of nitrogens with one attached hydrogen (secondary N) is 2. The van der Waals surface area contributed by atoms with Crippen LogP contribution in [0.5, 0.6) is 0 Å². The van der Waals surface area contributed by atoms with E-state index < -0.39 is 5.92 Å². The Morgan fingerprint density at radius 1 is 1.10 bits per heavy atom. The lowest BCUT2D eigenvalue weighted by atomic mass is 9.86. The Balaban J connectivity index is 1.16. The summed E-state index contributed by atoms with van der Waals surface area (Å²) in [6.07, 6.45) is 11.9. The number of hydrogen-bond acceptors (Lipinski definition) is 7. The van der Waals surface area contributed by atoms with Gasteiger partial charge in [-0.2, -0.15) is 0 Å². The second-order valence-electron chi connectivity index (χ2n) is 14.3. The van der Waals surface area contributed by atoms with Crippen LogP contribution in [0.4, 0.5) is 8.78 Å². The summed E-state index contributed by atoms with van der Waals surface area (Å²) in [7, 11) is 0. The summed E-state index contributed by atoms with van der Waals surface area (Å²) >= 11 is 0. The molecule has 9 nitrogen and oxygen atoms in total. The van der Waals surface area contributed by atoms with Crippen LogP contribution in [0.3, 0.4) is 0 Å². The molecule has 6 rings (SSSR count). The maximum atomic E-state index is 13.8. The Hall–Kier alpha value is -3.25. The van der Waals surface area contributed by atoms with Gasteiger partial charge < -0.3 is 20.9 Å². The van der Waals surface area contributed by atoms with E-state index in [0.29, 0.717) is 12.6 Å². The number of carbonyl (C=O) groups is 1. The number of piperazine rings is 1. The number of unbranched alkanes of at least 4 members (excludes halogenated alkanes) is 1. The van der Waals surface area contributed by atoms with Gasteiger partial charge in [-0.05, 0) is 81.6 Å². The number of halogens is 2. The second kappa shape index (κ2) is 17.1. The maximum Gasteiger partial charge on any atom is 0.248 e. The van der Waals surface area contributed by atoms with Gasteiger partial charge in [-0.1, -0.05) is 36.4 Å². The van der Waals surface area contributed by atoms with Crippen molar-refractivity contribution in [2.75, 3.05) is 45.8 Å². The van der Waals surface area contributed by atoms with Gasteiger partial charge in [0.1, 0.15) is 0 Å². The minimum Gasteiger partial charge on any atom is -0.349 e. The first-order chi connectivity index (χ1) is 23.9. The van der Waals surface area contributed by atoms with Crippen LogP contribution >= 0.6 is 0 Å². The summed E-state index contributed by atoms with van der Waals surface area (Å²) in [5, 5.41) is 3.28. The number of nitrogens with zero attached hydrogens (tertiary/aromatic N) is 5. The Labute approximate surface area is 290 Å². The summed E-state index contributed by atoms with van der Waals surface area (Å²) in [5.41, 5.74) is 10.7. The molecule has 0 radical (unpaired) electrons. The van der Waals surface area contributed by atoms with E-state index in [0.717, 1.165) is 89.2 Å². The zero-order chi connectivity index (χ0) is 34.1. The Bertz CT molecular complexity index is 1430. The smallest absolute Gasteiger partial charge is 0.248 e. The topological polar surface area (TPSA) is 106 Å². The monoisotopic (exact) mass is 676 g/mol. The van der Waals surface area contributed by atoms with Crippen LogP contribution in [0.25, 0.3) is 0 Å². The lowest BCUT2D eigenvalue weighted by molar-refractivity contribution is -0.130. The van der Waals surface area contributed by atoms with Crippen molar-refractivity contribution >= 4 is 5.91 Å². The largest absolute Gasteiger partial charge is 0.349 e. The predicted octanol–water partition coefficient (Wildman–Crippen LogP) is 5.48. The van der Waals surface area contributed by atoms with Gasteiger partial charge in [0.15, 0.2) is 0 Å². The van der Waals surface area contributed by atoms with Crippen LogP contribution in [-0.2, 0) is 17.8 Å². The fourth-order valence-corrected chi connectivity index (χ4v) is 8.09. The lowest BCUT2D eigenvalue weighted by Crippen LogP contribution is -2.57. The van der Waals surface area contributed by atoms with Crippen LogP contribution < -0.4 is 11.1 Å². The fraction of sp³-hybridized carbons (Fsp3) is 0.605. The molecule has 4 N–H and O–H groups in total. The zero-order valence-electron chi connectivity index (χ0n) is 28.8. The lowest BCUT2D eigenvalue weighted by Gasteiger charge is -2.45. The molecule has 1 saturated heterocycles. The third-order valence-electron chi connectivity index (χ3n) is 10.9. The van der Waals surface area contributed by atoms with Crippen LogP contribution in [-0.4, -0.2) is 93.3 Å². The van der Waals surface area contributed by atoms with Crippen molar-refractivity contribution in [2.24, 2.45) is 11.7 Å². The number of amides is 1.